The van der Waals surface area contributed by atoms with E-state index >= 15 is 0 Å². The molecule has 0 bridgehead atoms. The molecule has 0 aliphatic carbocycles. The van der Waals surface area contributed by atoms with Crippen LogP contribution in [0, 0.1) is 0 Å². The first-order valence-corrected chi connectivity index (χ1v) is 4.93. The third-order valence-electron chi connectivity index (χ3n) is 1.20. The van der Waals surface area contributed by atoms with Crippen LogP contribution in [0.1, 0.15) is 0 Å². The normalized spacial score (nSPS) is 9.57. The van der Waals surface area contributed by atoms with Crippen LogP contribution in [0.3, 0.4) is 0 Å². The van der Waals surface area contributed by atoms with E-state index in [0.717, 1.165) is 0 Å². The van der Waals surface area contributed by atoms with Crippen LogP contribution in [0.15, 0.2) is 4.34 Å². The molecule has 0 aromatic carbocycles. The number of carbonyl (C=O) groups is 1. The van der Waals surface area contributed by atoms with Gasteiger partial charge in [0.2, 0.25) is 5.13 Å². The van der Waals surface area contributed by atoms with E-state index in [1.165, 1.54) is 16.8 Å². The van der Waals surface area contributed by atoms with Crippen molar-refractivity contribution in [3.05, 3.63) is 0 Å². The Morgan fingerprint density at radius 1 is 1.50 bits per heavy atom. The molecule has 1 aromatic heterocycles. The minimum Gasteiger partial charge on any atom is -0.358 e. The Morgan fingerprint density at radius 3 is 2.86 bits per heavy atom. The van der Waals surface area contributed by atoms with Gasteiger partial charge in [0.05, 0.1) is 0 Å². The van der Waals surface area contributed by atoms with Crippen molar-refractivity contribution in [1.82, 2.24) is 21.0 Å². The summed E-state index contributed by atoms with van der Waals surface area (Å²) >= 11 is 5.30. The van der Waals surface area contributed by atoms with E-state index in [1.54, 1.807) is 0 Å². The summed E-state index contributed by atoms with van der Waals surface area (Å²) in [5.41, 5.74) is 1.45. The van der Waals surface area contributed by atoms with Crippen LogP contribution >= 0.6 is 24.0 Å². The van der Waals surface area contributed by atoms with Gasteiger partial charge in [-0.1, -0.05) is 11.3 Å². The van der Waals surface area contributed by atoms with Crippen molar-refractivity contribution in [2.75, 3.05) is 18.4 Å². The molecule has 0 aliphatic rings. The summed E-state index contributed by atoms with van der Waals surface area (Å²) in [6, 6.07) is -0.640. The smallest absolute Gasteiger partial charge is 0.338 e. The molecule has 9 heteroatoms. The standard InChI is InChI=1S/C5H9N5O2S2/c11-3(10-12)6-1-2-7-4-8-9-5(13)14-4/h12H,1-2H2,(H,7,8)(H,9,13)(H2,6,10,11). The van der Waals surface area contributed by atoms with Gasteiger partial charge in [0, 0.05) is 13.1 Å². The summed E-state index contributed by atoms with van der Waals surface area (Å²) in [4.78, 5) is 10.5. The van der Waals surface area contributed by atoms with Gasteiger partial charge in [-0.3, -0.25) is 5.21 Å². The molecule has 0 saturated carbocycles. The zero-order chi connectivity index (χ0) is 10.4. The molecule has 0 radical (unpaired) electrons. The fraction of sp³-hybridized carbons (Fsp3) is 0.400. The number of anilines is 1. The number of hydrogen-bond donors (Lipinski definition) is 5. The fourth-order valence-electron chi connectivity index (χ4n) is 0.672. The first-order valence-electron chi connectivity index (χ1n) is 3.66. The van der Waals surface area contributed by atoms with Crippen LogP contribution in [-0.2, 0) is 0 Å². The van der Waals surface area contributed by atoms with Crippen LogP contribution in [0.2, 0.25) is 0 Å². The molecule has 4 N–H and O–H groups in total. The van der Waals surface area contributed by atoms with E-state index < -0.39 is 6.03 Å². The van der Waals surface area contributed by atoms with E-state index in [9.17, 15) is 4.79 Å². The Bertz CT molecular complexity index is 304. The second kappa shape index (κ2) is 5.62. The van der Waals surface area contributed by atoms with Crippen molar-refractivity contribution in [3.8, 4) is 0 Å². The molecular weight excluding hydrogens is 226 g/mol. The maximum Gasteiger partial charge on any atom is 0.338 e. The summed E-state index contributed by atoms with van der Waals surface area (Å²) in [7, 11) is 0. The summed E-state index contributed by atoms with van der Waals surface area (Å²) in [5.74, 6) is 0. The van der Waals surface area contributed by atoms with Gasteiger partial charge >= 0.3 is 6.03 Å². The van der Waals surface area contributed by atoms with Crippen LogP contribution in [0.25, 0.3) is 0 Å². The zero-order valence-electron chi connectivity index (χ0n) is 7.02. The molecule has 78 valence electrons. The van der Waals surface area contributed by atoms with Crippen LogP contribution < -0.4 is 16.1 Å². The Morgan fingerprint density at radius 2 is 2.29 bits per heavy atom. The lowest BCUT2D eigenvalue weighted by Crippen LogP contribution is -2.36. The molecular formula is C5H9N5O2S2. The van der Waals surface area contributed by atoms with Crippen molar-refractivity contribution < 1.29 is 10.0 Å². The highest BCUT2D eigenvalue weighted by Gasteiger charge is 1.99. The average Bonchev–Trinajstić information content (AvgIpc) is 2.58. The molecule has 7 nitrogen and oxygen atoms in total. The molecule has 0 spiro atoms. The van der Waals surface area contributed by atoms with Crippen molar-refractivity contribution in [2.24, 2.45) is 0 Å². The number of urea groups is 1. The molecule has 0 fully saturated rings. The maximum absolute atomic E-state index is 10.5. The highest BCUT2D eigenvalue weighted by molar-refractivity contribution is 7.82. The molecule has 1 heterocycles. The molecule has 14 heavy (non-hydrogen) atoms. The molecule has 0 atom stereocenters. The van der Waals surface area contributed by atoms with Gasteiger partial charge in [0.25, 0.3) is 0 Å². The largest absolute Gasteiger partial charge is 0.358 e. The lowest BCUT2D eigenvalue weighted by molar-refractivity contribution is 0.162. The Labute approximate surface area is 89.3 Å². The van der Waals surface area contributed by atoms with E-state index in [1.807, 2.05) is 0 Å². The first-order chi connectivity index (χ1) is 6.72. The van der Waals surface area contributed by atoms with Crippen molar-refractivity contribution in [3.63, 3.8) is 0 Å². The Balaban J connectivity index is 2.13. The summed E-state index contributed by atoms with van der Waals surface area (Å²) < 4.78 is 0.577. The summed E-state index contributed by atoms with van der Waals surface area (Å²) in [6.45, 7) is 0.865. The first kappa shape index (κ1) is 11.0. The quantitative estimate of drug-likeness (QED) is 0.218. The Hall–Kier alpha value is -1.06. The second-order valence-corrected chi connectivity index (χ2v) is 3.89. The van der Waals surface area contributed by atoms with Crippen LogP contribution in [-0.4, -0.2) is 34.5 Å². The average molecular weight is 235 g/mol. The number of thiol groups is 1. The third-order valence-corrected chi connectivity index (χ3v) is 2.25. The molecule has 2 amide bonds. The number of nitrogens with one attached hydrogen (secondary N) is 3. The van der Waals surface area contributed by atoms with Gasteiger partial charge < -0.3 is 10.6 Å². The molecule has 0 saturated heterocycles. The number of carbonyl (C=O) groups excluding carboxylic acids is 1. The van der Waals surface area contributed by atoms with E-state index in [4.69, 9.17) is 5.21 Å². The minimum atomic E-state index is -0.640. The molecule has 0 unspecified atom stereocenters. The summed E-state index contributed by atoms with van der Waals surface area (Å²) in [5, 5.41) is 21.5. The van der Waals surface area contributed by atoms with Gasteiger partial charge in [-0.2, -0.15) is 0 Å². The summed E-state index contributed by atoms with van der Waals surface area (Å²) in [6.07, 6.45) is 0. The highest BCUT2D eigenvalue weighted by atomic mass is 32.2. The van der Waals surface area contributed by atoms with Gasteiger partial charge in [-0.15, -0.1) is 22.8 Å². The molecule has 0 aliphatic heterocycles. The van der Waals surface area contributed by atoms with E-state index in [0.29, 0.717) is 22.6 Å². The maximum atomic E-state index is 10.5. The van der Waals surface area contributed by atoms with Crippen LogP contribution in [0.4, 0.5) is 9.93 Å². The minimum absolute atomic E-state index is 0.369. The SMILES string of the molecule is O=C(NO)NCCNc1nnc(S)s1. The monoisotopic (exact) mass is 235 g/mol. The van der Waals surface area contributed by atoms with Gasteiger partial charge in [0.1, 0.15) is 0 Å². The number of hydrogen-bond acceptors (Lipinski definition) is 7. The molecule has 1 rings (SSSR count). The lowest BCUT2D eigenvalue weighted by atomic mass is 10.6. The second-order valence-electron chi connectivity index (χ2n) is 2.18. The predicted molar refractivity (Wildman–Crippen MR) is 54.0 cm³/mol. The van der Waals surface area contributed by atoms with Gasteiger partial charge in [0.15, 0.2) is 4.34 Å². The molecule has 1 aromatic rings. The van der Waals surface area contributed by atoms with Gasteiger partial charge in [-0.05, 0) is 0 Å². The topological polar surface area (TPSA) is 99.2 Å². The van der Waals surface area contributed by atoms with E-state index in [-0.39, 0.29) is 0 Å². The Kier molecular flexibility index (Phi) is 4.43. The lowest BCUT2D eigenvalue weighted by Gasteiger charge is -2.03. The number of hydroxylamine groups is 1. The number of rotatable bonds is 4. The van der Waals surface area contributed by atoms with E-state index in [2.05, 4.69) is 33.5 Å². The predicted octanol–water partition coefficient (Wildman–Crippen LogP) is -0.0729. The van der Waals surface area contributed by atoms with Crippen molar-refractivity contribution in [2.45, 2.75) is 4.34 Å². The number of aromatic nitrogens is 2. The van der Waals surface area contributed by atoms with Crippen LogP contribution in [0.5, 0.6) is 0 Å². The fourth-order valence-corrected chi connectivity index (χ4v) is 1.49. The number of amides is 2. The zero-order valence-corrected chi connectivity index (χ0v) is 8.73. The van der Waals surface area contributed by atoms with Gasteiger partial charge in [-0.25, -0.2) is 10.3 Å². The number of nitrogens with zero attached hydrogens (tertiary/aromatic N) is 2. The highest BCUT2D eigenvalue weighted by Crippen LogP contribution is 2.16. The van der Waals surface area contributed by atoms with Crippen molar-refractivity contribution in [1.29, 1.82) is 0 Å². The third kappa shape index (κ3) is 3.77. The van der Waals surface area contributed by atoms with Crippen molar-refractivity contribution >= 4 is 35.1 Å².